The Morgan fingerprint density at radius 3 is 2.65 bits per heavy atom. The molecule has 122 valence electrons. The van der Waals surface area contributed by atoms with Crippen LogP contribution in [0.4, 0.5) is 5.69 Å². The molecular formula is C18H25N5. The monoisotopic (exact) mass is 311 g/mol. The lowest BCUT2D eigenvalue weighted by atomic mass is 9.80. The third kappa shape index (κ3) is 2.41. The van der Waals surface area contributed by atoms with Gasteiger partial charge in [0.25, 0.3) is 0 Å². The standard InChI is InChI=1S/C18H25N5/c1-2-4-8-18(7-3-1)9-10-22(12-18)16-11-15(14-5-6-14)21-23-13-19-20-17(16)23/h11,13-14H,1-10,12H2. The van der Waals surface area contributed by atoms with Gasteiger partial charge in [-0.2, -0.15) is 9.61 Å². The molecule has 2 saturated carbocycles. The molecule has 1 spiro atoms. The Bertz CT molecular complexity index is 709. The van der Waals surface area contributed by atoms with Crippen molar-refractivity contribution in [2.75, 3.05) is 18.0 Å². The van der Waals surface area contributed by atoms with Crippen molar-refractivity contribution in [2.24, 2.45) is 5.41 Å². The number of nitrogens with zero attached hydrogens (tertiary/aromatic N) is 5. The Morgan fingerprint density at radius 1 is 1.04 bits per heavy atom. The van der Waals surface area contributed by atoms with Crippen LogP contribution >= 0.6 is 0 Å². The third-order valence-electron chi connectivity index (χ3n) is 6.21. The normalized spacial score (nSPS) is 24.4. The summed E-state index contributed by atoms with van der Waals surface area (Å²) in [6, 6.07) is 2.30. The predicted octanol–water partition coefficient (Wildman–Crippen LogP) is 3.55. The van der Waals surface area contributed by atoms with E-state index in [-0.39, 0.29) is 0 Å². The lowest BCUT2D eigenvalue weighted by Gasteiger charge is -2.28. The zero-order chi connectivity index (χ0) is 15.3. The molecule has 0 radical (unpaired) electrons. The van der Waals surface area contributed by atoms with Gasteiger partial charge >= 0.3 is 0 Å². The largest absolute Gasteiger partial charge is 0.368 e. The predicted molar refractivity (Wildman–Crippen MR) is 89.7 cm³/mol. The van der Waals surface area contributed by atoms with Crippen LogP contribution in [-0.4, -0.2) is 32.9 Å². The number of rotatable bonds is 2. The fraction of sp³-hybridized carbons (Fsp3) is 0.722. The van der Waals surface area contributed by atoms with Gasteiger partial charge in [-0.1, -0.05) is 25.7 Å². The summed E-state index contributed by atoms with van der Waals surface area (Å²) in [6.45, 7) is 2.36. The molecular weight excluding hydrogens is 286 g/mol. The van der Waals surface area contributed by atoms with Crippen molar-refractivity contribution in [1.29, 1.82) is 0 Å². The third-order valence-corrected chi connectivity index (χ3v) is 6.21. The number of hydrogen-bond acceptors (Lipinski definition) is 4. The SMILES string of the molecule is c1c(C2CC2)nn2cnnc2c1N1CCC2(CCCCCC2)C1. The molecule has 2 aromatic rings. The Kier molecular flexibility index (Phi) is 3.10. The maximum atomic E-state index is 4.71. The first-order valence-electron chi connectivity index (χ1n) is 9.29. The molecule has 3 fully saturated rings. The highest BCUT2D eigenvalue weighted by atomic mass is 15.4. The maximum absolute atomic E-state index is 4.71. The van der Waals surface area contributed by atoms with Crippen molar-refractivity contribution < 1.29 is 0 Å². The topological polar surface area (TPSA) is 46.3 Å². The summed E-state index contributed by atoms with van der Waals surface area (Å²) in [7, 11) is 0. The van der Waals surface area contributed by atoms with Gasteiger partial charge in [-0.3, -0.25) is 0 Å². The molecule has 0 amide bonds. The molecule has 5 heteroatoms. The Morgan fingerprint density at radius 2 is 1.87 bits per heavy atom. The molecule has 0 unspecified atom stereocenters. The second kappa shape index (κ2) is 5.18. The molecule has 0 atom stereocenters. The van der Waals surface area contributed by atoms with E-state index in [1.165, 1.54) is 75.7 Å². The van der Waals surface area contributed by atoms with E-state index in [4.69, 9.17) is 5.10 Å². The Balaban J connectivity index is 1.49. The van der Waals surface area contributed by atoms with Crippen LogP contribution in [0.3, 0.4) is 0 Å². The molecule has 0 aromatic carbocycles. The molecule has 2 aliphatic carbocycles. The lowest BCUT2D eigenvalue weighted by Crippen LogP contribution is -2.27. The van der Waals surface area contributed by atoms with Crippen LogP contribution in [0, 0.1) is 5.41 Å². The molecule has 3 aliphatic rings. The van der Waals surface area contributed by atoms with E-state index in [0.717, 1.165) is 12.2 Å². The summed E-state index contributed by atoms with van der Waals surface area (Å²) in [4.78, 5) is 2.57. The van der Waals surface area contributed by atoms with Crippen LogP contribution in [0.15, 0.2) is 12.4 Å². The van der Waals surface area contributed by atoms with Gasteiger partial charge in [-0.05, 0) is 43.6 Å². The van der Waals surface area contributed by atoms with E-state index in [0.29, 0.717) is 11.3 Å². The molecule has 5 nitrogen and oxygen atoms in total. The van der Waals surface area contributed by atoms with Gasteiger partial charge in [-0.15, -0.1) is 10.2 Å². The van der Waals surface area contributed by atoms with Crippen LogP contribution in [-0.2, 0) is 0 Å². The average molecular weight is 311 g/mol. The van der Waals surface area contributed by atoms with Gasteiger partial charge in [0.15, 0.2) is 0 Å². The Hall–Kier alpha value is -1.65. The summed E-state index contributed by atoms with van der Waals surface area (Å²) < 4.78 is 1.89. The van der Waals surface area contributed by atoms with Crippen LogP contribution in [0.2, 0.25) is 0 Å². The second-order valence-electron chi connectivity index (χ2n) is 7.91. The highest BCUT2D eigenvalue weighted by molar-refractivity contribution is 5.69. The summed E-state index contributed by atoms with van der Waals surface area (Å²) in [6.07, 6.45) is 14.2. The number of hydrogen-bond donors (Lipinski definition) is 0. The van der Waals surface area contributed by atoms with Crippen molar-refractivity contribution in [3.63, 3.8) is 0 Å². The van der Waals surface area contributed by atoms with Crippen molar-refractivity contribution in [3.8, 4) is 0 Å². The average Bonchev–Trinajstić information content (AvgIpc) is 3.23. The smallest absolute Gasteiger partial charge is 0.200 e. The van der Waals surface area contributed by atoms with E-state index >= 15 is 0 Å². The molecule has 5 rings (SSSR count). The number of aromatic nitrogens is 4. The van der Waals surface area contributed by atoms with Crippen molar-refractivity contribution >= 4 is 11.3 Å². The van der Waals surface area contributed by atoms with Crippen molar-refractivity contribution in [2.45, 2.75) is 63.7 Å². The molecule has 23 heavy (non-hydrogen) atoms. The van der Waals surface area contributed by atoms with E-state index in [1.807, 2.05) is 4.52 Å². The van der Waals surface area contributed by atoms with Crippen LogP contribution in [0.1, 0.15) is 69.4 Å². The molecule has 0 bridgehead atoms. The number of fused-ring (bicyclic) bond motifs is 1. The van der Waals surface area contributed by atoms with Gasteiger partial charge in [0.1, 0.15) is 6.33 Å². The number of anilines is 1. The molecule has 1 aliphatic heterocycles. The highest BCUT2D eigenvalue weighted by Crippen LogP contribution is 2.45. The van der Waals surface area contributed by atoms with Crippen molar-refractivity contribution in [3.05, 3.63) is 18.1 Å². The molecule has 3 heterocycles. The fourth-order valence-electron chi connectivity index (χ4n) is 4.67. The van der Waals surface area contributed by atoms with E-state index < -0.39 is 0 Å². The zero-order valence-electron chi connectivity index (χ0n) is 13.7. The summed E-state index contributed by atoms with van der Waals surface area (Å²) >= 11 is 0. The summed E-state index contributed by atoms with van der Waals surface area (Å²) in [5.41, 5.74) is 3.98. The minimum atomic E-state index is 0.552. The first-order valence-corrected chi connectivity index (χ1v) is 9.29. The summed E-state index contributed by atoms with van der Waals surface area (Å²) in [5, 5.41) is 13.2. The second-order valence-corrected chi connectivity index (χ2v) is 7.91. The van der Waals surface area contributed by atoms with Crippen molar-refractivity contribution in [1.82, 2.24) is 19.8 Å². The van der Waals surface area contributed by atoms with Gasteiger partial charge in [0, 0.05) is 19.0 Å². The van der Waals surface area contributed by atoms with E-state index in [9.17, 15) is 0 Å². The van der Waals surface area contributed by atoms with Gasteiger partial charge < -0.3 is 4.90 Å². The van der Waals surface area contributed by atoms with Crippen LogP contribution in [0.25, 0.3) is 5.65 Å². The van der Waals surface area contributed by atoms with Gasteiger partial charge in [-0.25, -0.2) is 0 Å². The zero-order valence-corrected chi connectivity index (χ0v) is 13.7. The maximum Gasteiger partial charge on any atom is 0.200 e. The van der Waals surface area contributed by atoms with Crippen LogP contribution < -0.4 is 4.90 Å². The molecule has 0 N–H and O–H groups in total. The minimum absolute atomic E-state index is 0.552. The molecule has 1 saturated heterocycles. The molecule has 2 aromatic heterocycles. The lowest BCUT2D eigenvalue weighted by molar-refractivity contribution is 0.280. The highest BCUT2D eigenvalue weighted by Gasteiger charge is 2.39. The van der Waals surface area contributed by atoms with E-state index in [2.05, 4.69) is 21.2 Å². The quantitative estimate of drug-likeness (QED) is 0.851. The first kappa shape index (κ1) is 13.8. The Labute approximate surface area is 137 Å². The minimum Gasteiger partial charge on any atom is -0.368 e. The van der Waals surface area contributed by atoms with E-state index in [1.54, 1.807) is 6.33 Å². The van der Waals surface area contributed by atoms with Crippen LogP contribution in [0.5, 0.6) is 0 Å². The fourth-order valence-corrected chi connectivity index (χ4v) is 4.67. The van der Waals surface area contributed by atoms with Gasteiger partial charge in [0.2, 0.25) is 5.65 Å². The van der Waals surface area contributed by atoms with Gasteiger partial charge in [0.05, 0.1) is 11.4 Å². The summed E-state index contributed by atoms with van der Waals surface area (Å²) in [5.74, 6) is 0.662. The first-order chi connectivity index (χ1) is 11.3.